The summed E-state index contributed by atoms with van der Waals surface area (Å²) in [7, 11) is 0. The van der Waals surface area contributed by atoms with Crippen LogP contribution in [0.25, 0.3) is 0 Å². The lowest BCUT2D eigenvalue weighted by Crippen LogP contribution is -2.36. The van der Waals surface area contributed by atoms with Crippen molar-refractivity contribution in [3.05, 3.63) is 59.7 Å². The molecule has 0 aromatic heterocycles. The molecule has 0 bridgehead atoms. The van der Waals surface area contributed by atoms with E-state index in [1.165, 1.54) is 372 Å². The minimum absolute atomic E-state index is 0.630. The topological polar surface area (TPSA) is 57.2 Å². The molecule has 1 aromatic rings. The summed E-state index contributed by atoms with van der Waals surface area (Å²) in [5, 5.41) is 11.1. The second kappa shape index (κ2) is 66.4. The number of unbranched alkanes of at least 4 members (excludes halogenated alkanes) is 56. The summed E-state index contributed by atoms with van der Waals surface area (Å²) < 4.78 is 25.2. The number of ether oxygens (including phenoxy) is 4. The lowest BCUT2D eigenvalue weighted by atomic mass is 9.94. The predicted molar refractivity (Wildman–Crippen MR) is 378 cm³/mol. The zero-order valence-corrected chi connectivity index (χ0v) is 58.2. The van der Waals surface area contributed by atoms with Crippen LogP contribution in [0, 0.1) is 0 Å². The van der Waals surface area contributed by atoms with Crippen LogP contribution in [0.2, 0.25) is 0 Å². The molecule has 86 heavy (non-hydrogen) atoms. The van der Waals surface area contributed by atoms with Crippen molar-refractivity contribution in [1.82, 2.24) is 0 Å². The van der Waals surface area contributed by atoms with Gasteiger partial charge in [-0.15, -0.1) is 0 Å². The van der Waals surface area contributed by atoms with Gasteiger partial charge in [0.1, 0.15) is 6.10 Å². The molecule has 1 atom stereocenters. The van der Waals surface area contributed by atoms with Crippen LogP contribution in [-0.4, -0.2) is 50.5 Å². The maximum absolute atomic E-state index is 11.1. The zero-order chi connectivity index (χ0) is 61.1. The smallest absolute Gasteiger partial charge is 0.191 e. The van der Waals surface area contributed by atoms with Crippen LogP contribution in [0.4, 0.5) is 0 Å². The van der Waals surface area contributed by atoms with Crippen molar-refractivity contribution in [3.8, 4) is 0 Å². The molecule has 5 heteroatoms. The molecule has 0 radical (unpaired) electrons. The Hall–Kier alpha value is -1.50. The van der Waals surface area contributed by atoms with E-state index in [9.17, 15) is 5.11 Å². The van der Waals surface area contributed by atoms with Crippen LogP contribution < -0.4 is 0 Å². The quantitative estimate of drug-likeness (QED) is 0.0520. The van der Waals surface area contributed by atoms with Gasteiger partial charge in [-0.25, -0.2) is 0 Å². The Morgan fingerprint density at radius 1 is 0.302 bits per heavy atom. The Kier molecular flexibility index (Phi) is 62.2. The van der Waals surface area contributed by atoms with Crippen molar-refractivity contribution < 1.29 is 24.1 Å². The van der Waals surface area contributed by atoms with E-state index in [2.05, 4.69) is 26.0 Å². The molecular formula is C81H150O5. The van der Waals surface area contributed by atoms with Crippen LogP contribution in [0.3, 0.4) is 0 Å². The normalized spacial score (nSPS) is 13.5. The number of hydrogen-bond donors (Lipinski definition) is 1. The van der Waals surface area contributed by atoms with Gasteiger partial charge in [-0.1, -0.05) is 403 Å². The van der Waals surface area contributed by atoms with E-state index in [0.29, 0.717) is 19.6 Å². The fraction of sp³-hybridized carbons (Fsp3) is 0.877. The van der Waals surface area contributed by atoms with Crippen LogP contribution in [0.5, 0.6) is 0 Å². The minimum atomic E-state index is -0.731. The summed E-state index contributed by atoms with van der Waals surface area (Å²) in [6, 6.07) is 9.97. The Labute approximate surface area is 538 Å². The predicted octanol–water partition coefficient (Wildman–Crippen LogP) is 26.8. The maximum atomic E-state index is 11.1. The first-order valence-corrected chi connectivity index (χ1v) is 39.3. The molecule has 504 valence electrons. The van der Waals surface area contributed by atoms with Crippen molar-refractivity contribution in [2.45, 2.75) is 417 Å². The van der Waals surface area contributed by atoms with Crippen LogP contribution in [0.1, 0.15) is 417 Å². The summed E-state index contributed by atoms with van der Waals surface area (Å²) in [5.41, 5.74) is 1.85. The third kappa shape index (κ3) is 54.3. The maximum Gasteiger partial charge on any atom is 0.191 e. The summed E-state index contributed by atoms with van der Waals surface area (Å²) in [6.45, 7) is 9.86. The monoisotopic (exact) mass is 1200 g/mol. The van der Waals surface area contributed by atoms with Gasteiger partial charge < -0.3 is 24.1 Å². The lowest BCUT2D eigenvalue weighted by molar-refractivity contribution is -0.204. The largest absolute Gasteiger partial charge is 0.384 e. The van der Waals surface area contributed by atoms with E-state index in [0.717, 1.165) is 50.4 Å². The number of benzene rings is 1. The summed E-state index contributed by atoms with van der Waals surface area (Å²) in [5.74, 6) is -0.731. The van der Waals surface area contributed by atoms with Crippen molar-refractivity contribution >= 4 is 0 Å². The Morgan fingerprint density at radius 3 is 0.744 bits per heavy atom. The summed E-state index contributed by atoms with van der Waals surface area (Å²) >= 11 is 0. The number of aliphatic hydroxyl groups excluding tert-OH is 1. The van der Waals surface area contributed by atoms with E-state index in [1.54, 1.807) is 0 Å². The van der Waals surface area contributed by atoms with E-state index < -0.39 is 11.9 Å². The van der Waals surface area contributed by atoms with Crippen molar-refractivity contribution in [1.29, 1.82) is 0 Å². The van der Waals surface area contributed by atoms with E-state index in [1.807, 2.05) is 36.4 Å². The van der Waals surface area contributed by atoms with Crippen molar-refractivity contribution in [2.24, 2.45) is 0 Å². The minimum Gasteiger partial charge on any atom is -0.384 e. The van der Waals surface area contributed by atoms with Crippen LogP contribution in [0.15, 0.2) is 54.1 Å². The standard InChI is InChI=1S/C81H150O5/c1-3-5-7-9-11-13-15-17-19-21-23-25-27-29-31-33-39-45-51-60-72-83-74-62-53-47-41-35-37-43-49-55-64-76-85-81(70-68-79(69-71-81)80(82)78-66-58-57-59-67-78)86-77-65-56-50-44-38-36-42-48-54-63-75-84-73-61-52-46-40-34-32-30-28-26-24-22-20-18-16-14-12-10-8-6-4-2/h57-59,66-70,80,82H,3-56,60-65,71-77H2,1-2H3. The Balaban J connectivity index is 1.36. The van der Waals surface area contributed by atoms with Gasteiger partial charge in [-0.05, 0) is 55.7 Å². The molecule has 5 nitrogen and oxygen atoms in total. The third-order valence-corrected chi connectivity index (χ3v) is 18.9. The van der Waals surface area contributed by atoms with E-state index >= 15 is 0 Å². The van der Waals surface area contributed by atoms with Gasteiger partial charge in [-0.2, -0.15) is 0 Å². The zero-order valence-electron chi connectivity index (χ0n) is 58.2. The van der Waals surface area contributed by atoms with E-state index in [4.69, 9.17) is 18.9 Å². The van der Waals surface area contributed by atoms with Gasteiger partial charge in [0, 0.05) is 32.8 Å². The van der Waals surface area contributed by atoms with Gasteiger partial charge in [0.2, 0.25) is 0 Å². The molecule has 1 aliphatic carbocycles. The molecule has 0 spiro atoms. The molecular weight excluding hydrogens is 1050 g/mol. The molecule has 0 saturated heterocycles. The fourth-order valence-electron chi connectivity index (χ4n) is 13.0. The van der Waals surface area contributed by atoms with Gasteiger partial charge in [-0.3, -0.25) is 0 Å². The Morgan fingerprint density at radius 2 is 0.523 bits per heavy atom. The molecule has 1 unspecified atom stereocenters. The molecule has 0 fully saturated rings. The molecule has 1 aromatic carbocycles. The molecule has 2 rings (SSSR count). The first-order chi connectivity index (χ1) is 42.7. The third-order valence-electron chi connectivity index (χ3n) is 18.9. The number of rotatable bonds is 72. The highest BCUT2D eigenvalue weighted by Crippen LogP contribution is 2.33. The van der Waals surface area contributed by atoms with Gasteiger partial charge in [0.15, 0.2) is 5.79 Å². The van der Waals surface area contributed by atoms with Crippen LogP contribution in [-0.2, 0) is 18.9 Å². The molecule has 0 saturated carbocycles. The lowest BCUT2D eigenvalue weighted by Gasteiger charge is -2.33. The first-order valence-electron chi connectivity index (χ1n) is 39.3. The highest BCUT2D eigenvalue weighted by molar-refractivity contribution is 5.35. The number of hydrogen-bond acceptors (Lipinski definition) is 5. The van der Waals surface area contributed by atoms with Gasteiger partial charge in [0.05, 0.1) is 13.2 Å². The second-order valence-electron chi connectivity index (χ2n) is 27.3. The Bertz CT molecular complexity index is 1440. The molecule has 0 amide bonds. The fourth-order valence-corrected chi connectivity index (χ4v) is 13.0. The summed E-state index contributed by atoms with van der Waals surface area (Å²) in [4.78, 5) is 0. The molecule has 0 aliphatic heterocycles. The summed E-state index contributed by atoms with van der Waals surface area (Å²) in [6.07, 6.45) is 89.2. The molecule has 0 heterocycles. The molecule has 1 N–H and O–H groups in total. The highest BCUT2D eigenvalue weighted by Gasteiger charge is 2.31. The first kappa shape index (κ1) is 80.6. The van der Waals surface area contributed by atoms with Gasteiger partial charge in [0.25, 0.3) is 0 Å². The highest BCUT2D eigenvalue weighted by atomic mass is 16.7. The average molecular weight is 1200 g/mol. The second-order valence-corrected chi connectivity index (χ2v) is 27.3. The average Bonchev–Trinajstić information content (AvgIpc) is 3.63. The molecule has 1 aliphatic rings. The van der Waals surface area contributed by atoms with Crippen LogP contribution >= 0.6 is 0 Å². The van der Waals surface area contributed by atoms with Gasteiger partial charge >= 0.3 is 0 Å². The van der Waals surface area contributed by atoms with E-state index in [-0.39, 0.29) is 0 Å². The van der Waals surface area contributed by atoms with Crippen molar-refractivity contribution in [2.75, 3.05) is 39.6 Å². The number of aliphatic hydroxyl groups is 1. The van der Waals surface area contributed by atoms with Crippen molar-refractivity contribution in [3.63, 3.8) is 0 Å². The SMILES string of the molecule is CCCCCCCCCCCCCCCCCCCCCCOCCCCCCCCCCCCOC1(OCCCCCCCCCCCCOCCCCCCCCCCCCCCCCCCCCCC)C=CC(C(O)c2ccccc2)=CC1.